The molecule has 3 rings (SSSR count). The van der Waals surface area contributed by atoms with Gasteiger partial charge >= 0.3 is 5.97 Å². The molecule has 1 saturated heterocycles. The van der Waals surface area contributed by atoms with Crippen molar-refractivity contribution in [1.29, 1.82) is 0 Å². The number of esters is 1. The molecule has 0 spiro atoms. The summed E-state index contributed by atoms with van der Waals surface area (Å²) in [6, 6.07) is 0. The lowest BCUT2D eigenvalue weighted by Crippen LogP contribution is -2.38. The molecule has 0 aromatic carbocycles. The third-order valence-electron chi connectivity index (χ3n) is 4.82. The Bertz CT molecular complexity index is 559. The van der Waals surface area contributed by atoms with Crippen LogP contribution in [0.2, 0.25) is 0 Å². The van der Waals surface area contributed by atoms with Crippen LogP contribution in [0.15, 0.2) is 6.20 Å². The number of ether oxygens (including phenoxy) is 1. The van der Waals surface area contributed by atoms with Gasteiger partial charge < -0.3 is 14.2 Å². The van der Waals surface area contributed by atoms with Gasteiger partial charge in [0.05, 0.1) is 12.3 Å². The Balaban J connectivity index is 1.41. The summed E-state index contributed by atoms with van der Waals surface area (Å²) in [5.41, 5.74) is 0.988. The standard InChI is InChI=1S/C18H27N3O3/c22-17-8-3-1-2-5-11-21(17)14-18(23)24-12-9-15-13-20-10-6-4-7-16(20)19-15/h13H,1-12,14H2. The zero-order valence-corrected chi connectivity index (χ0v) is 14.3. The molecule has 0 radical (unpaired) electrons. The van der Waals surface area contributed by atoms with Gasteiger partial charge in [-0.2, -0.15) is 0 Å². The molecule has 0 N–H and O–H groups in total. The van der Waals surface area contributed by atoms with Gasteiger partial charge in [0.25, 0.3) is 0 Å². The van der Waals surface area contributed by atoms with Gasteiger partial charge in [0.15, 0.2) is 0 Å². The summed E-state index contributed by atoms with van der Waals surface area (Å²) in [6.07, 6.45) is 10.8. The van der Waals surface area contributed by atoms with Crippen molar-refractivity contribution in [2.24, 2.45) is 0 Å². The maximum Gasteiger partial charge on any atom is 0.325 e. The smallest absolute Gasteiger partial charge is 0.325 e. The van der Waals surface area contributed by atoms with Crippen LogP contribution >= 0.6 is 0 Å². The van der Waals surface area contributed by atoms with E-state index in [1.54, 1.807) is 4.90 Å². The maximum atomic E-state index is 12.0. The Morgan fingerprint density at radius 3 is 2.75 bits per heavy atom. The number of carbonyl (C=O) groups is 2. The third-order valence-corrected chi connectivity index (χ3v) is 4.82. The van der Waals surface area contributed by atoms with E-state index in [2.05, 4.69) is 15.7 Å². The molecule has 3 heterocycles. The van der Waals surface area contributed by atoms with Crippen molar-refractivity contribution in [3.8, 4) is 0 Å². The van der Waals surface area contributed by atoms with Crippen molar-refractivity contribution in [2.75, 3.05) is 19.7 Å². The molecule has 2 aliphatic heterocycles. The van der Waals surface area contributed by atoms with E-state index in [9.17, 15) is 9.59 Å². The summed E-state index contributed by atoms with van der Waals surface area (Å²) in [7, 11) is 0. The number of fused-ring (bicyclic) bond motifs is 1. The molecule has 6 nitrogen and oxygen atoms in total. The van der Waals surface area contributed by atoms with E-state index in [0.29, 0.717) is 26.0 Å². The molecular formula is C18H27N3O3. The Hall–Kier alpha value is -1.85. The number of imidazole rings is 1. The van der Waals surface area contributed by atoms with Gasteiger partial charge in [0.2, 0.25) is 5.91 Å². The number of nitrogens with zero attached hydrogens (tertiary/aromatic N) is 3. The highest BCUT2D eigenvalue weighted by Gasteiger charge is 2.19. The van der Waals surface area contributed by atoms with Crippen molar-refractivity contribution in [1.82, 2.24) is 14.5 Å². The van der Waals surface area contributed by atoms with Gasteiger partial charge in [-0.25, -0.2) is 4.98 Å². The van der Waals surface area contributed by atoms with Gasteiger partial charge in [-0.3, -0.25) is 9.59 Å². The van der Waals surface area contributed by atoms with Gasteiger partial charge in [-0.1, -0.05) is 12.8 Å². The van der Waals surface area contributed by atoms with Crippen molar-refractivity contribution < 1.29 is 14.3 Å². The van der Waals surface area contributed by atoms with E-state index in [4.69, 9.17) is 4.74 Å². The van der Waals surface area contributed by atoms with Crippen LogP contribution in [0.3, 0.4) is 0 Å². The quantitative estimate of drug-likeness (QED) is 0.774. The number of hydrogen-bond acceptors (Lipinski definition) is 4. The largest absolute Gasteiger partial charge is 0.464 e. The minimum atomic E-state index is -0.312. The SMILES string of the molecule is O=C(CN1CCCCCCC1=O)OCCc1cn2c(n1)CCCC2. The van der Waals surface area contributed by atoms with E-state index >= 15 is 0 Å². The molecule has 1 fully saturated rings. The fourth-order valence-corrected chi connectivity index (χ4v) is 3.45. The Kier molecular flexibility index (Phi) is 5.88. The molecule has 0 aliphatic carbocycles. The average molecular weight is 333 g/mol. The second-order valence-corrected chi connectivity index (χ2v) is 6.75. The lowest BCUT2D eigenvalue weighted by atomic mass is 10.1. The zero-order valence-electron chi connectivity index (χ0n) is 14.3. The number of aryl methyl sites for hydroxylation is 2. The lowest BCUT2D eigenvalue weighted by Gasteiger charge is -2.23. The van der Waals surface area contributed by atoms with Gasteiger partial charge in [-0.05, 0) is 25.7 Å². The highest BCUT2D eigenvalue weighted by atomic mass is 16.5. The van der Waals surface area contributed by atoms with E-state index in [0.717, 1.165) is 50.2 Å². The number of hydrogen-bond donors (Lipinski definition) is 0. The molecule has 0 atom stereocenters. The number of rotatable bonds is 5. The maximum absolute atomic E-state index is 12.0. The van der Waals surface area contributed by atoms with Crippen LogP contribution in [0.4, 0.5) is 0 Å². The normalized spacial score (nSPS) is 18.7. The first-order chi connectivity index (χ1) is 11.7. The van der Waals surface area contributed by atoms with Crippen LogP contribution in [0.25, 0.3) is 0 Å². The molecule has 1 aromatic heterocycles. The summed E-state index contributed by atoms with van der Waals surface area (Å²) >= 11 is 0. The molecule has 1 aromatic rings. The first kappa shape index (κ1) is 17.0. The first-order valence-corrected chi connectivity index (χ1v) is 9.21. The summed E-state index contributed by atoms with van der Waals surface area (Å²) in [6.45, 7) is 2.12. The number of amides is 1. The molecule has 0 saturated carbocycles. The molecule has 24 heavy (non-hydrogen) atoms. The van der Waals surface area contributed by atoms with Gasteiger partial charge in [-0.15, -0.1) is 0 Å². The Morgan fingerprint density at radius 1 is 1.08 bits per heavy atom. The molecule has 132 valence electrons. The van der Waals surface area contributed by atoms with E-state index in [1.807, 2.05) is 0 Å². The monoisotopic (exact) mass is 333 g/mol. The van der Waals surface area contributed by atoms with Crippen molar-refractivity contribution in [3.63, 3.8) is 0 Å². The minimum Gasteiger partial charge on any atom is -0.464 e. The summed E-state index contributed by atoms with van der Waals surface area (Å²) in [5, 5.41) is 0. The first-order valence-electron chi connectivity index (χ1n) is 9.21. The number of likely N-dealkylation sites (tertiary alicyclic amines) is 1. The Labute approximate surface area is 143 Å². The second kappa shape index (κ2) is 8.31. The molecule has 2 aliphatic rings. The summed E-state index contributed by atoms with van der Waals surface area (Å²) in [5.74, 6) is 0.912. The van der Waals surface area contributed by atoms with Gasteiger partial charge in [0.1, 0.15) is 12.4 Å². The van der Waals surface area contributed by atoms with Crippen LogP contribution in [0, 0.1) is 0 Å². The minimum absolute atomic E-state index is 0.0772. The van der Waals surface area contributed by atoms with Crippen LogP contribution in [0.1, 0.15) is 56.5 Å². The number of carbonyl (C=O) groups excluding carboxylic acids is 2. The summed E-state index contributed by atoms with van der Waals surface area (Å²) < 4.78 is 7.53. The molecular weight excluding hydrogens is 306 g/mol. The predicted octanol–water partition coefficient (Wildman–Crippen LogP) is 2.10. The zero-order chi connectivity index (χ0) is 16.8. The molecule has 6 heteroatoms. The highest BCUT2D eigenvalue weighted by Crippen LogP contribution is 2.15. The van der Waals surface area contributed by atoms with Gasteiger partial charge in [0, 0.05) is 38.5 Å². The van der Waals surface area contributed by atoms with Crippen molar-refractivity contribution in [2.45, 2.75) is 64.3 Å². The van der Waals surface area contributed by atoms with E-state index < -0.39 is 0 Å². The third kappa shape index (κ3) is 4.58. The van der Waals surface area contributed by atoms with E-state index in [-0.39, 0.29) is 18.4 Å². The topological polar surface area (TPSA) is 64.4 Å². The molecule has 0 unspecified atom stereocenters. The van der Waals surface area contributed by atoms with Crippen LogP contribution in [0.5, 0.6) is 0 Å². The van der Waals surface area contributed by atoms with Crippen molar-refractivity contribution in [3.05, 3.63) is 17.7 Å². The average Bonchev–Trinajstić information content (AvgIpc) is 2.97. The number of aromatic nitrogens is 2. The van der Waals surface area contributed by atoms with Crippen LogP contribution in [-0.4, -0.2) is 46.0 Å². The van der Waals surface area contributed by atoms with Crippen LogP contribution < -0.4 is 0 Å². The molecule has 1 amide bonds. The molecule has 0 bridgehead atoms. The Morgan fingerprint density at radius 2 is 1.88 bits per heavy atom. The predicted molar refractivity (Wildman–Crippen MR) is 89.5 cm³/mol. The highest BCUT2D eigenvalue weighted by molar-refractivity contribution is 5.82. The van der Waals surface area contributed by atoms with Crippen LogP contribution in [-0.2, 0) is 33.7 Å². The lowest BCUT2D eigenvalue weighted by molar-refractivity contribution is -0.149. The fourth-order valence-electron chi connectivity index (χ4n) is 3.45. The van der Waals surface area contributed by atoms with E-state index in [1.165, 1.54) is 12.8 Å². The van der Waals surface area contributed by atoms with Crippen molar-refractivity contribution >= 4 is 11.9 Å². The second-order valence-electron chi connectivity index (χ2n) is 6.75. The summed E-state index contributed by atoms with van der Waals surface area (Å²) in [4.78, 5) is 30.3. The fraction of sp³-hybridized carbons (Fsp3) is 0.722.